The lowest BCUT2D eigenvalue weighted by molar-refractivity contribution is 0.473. The second kappa shape index (κ2) is 5.46. The Labute approximate surface area is 129 Å². The largest absolute Gasteiger partial charge is 0.506 e. The summed E-state index contributed by atoms with van der Waals surface area (Å²) in [6.45, 7) is 0. The summed E-state index contributed by atoms with van der Waals surface area (Å²) in [5.41, 5.74) is 0.649. The van der Waals surface area contributed by atoms with Gasteiger partial charge >= 0.3 is 5.63 Å². The maximum Gasteiger partial charge on any atom is 0.336 e. The Hall–Kier alpha value is -1.92. The van der Waals surface area contributed by atoms with Crippen molar-refractivity contribution in [3.05, 3.63) is 51.6 Å². The van der Waals surface area contributed by atoms with E-state index >= 15 is 0 Å². The quantitative estimate of drug-likeness (QED) is 0.592. The van der Waals surface area contributed by atoms with Crippen LogP contribution in [0.25, 0.3) is 11.0 Å². The van der Waals surface area contributed by atoms with E-state index in [1.54, 1.807) is 12.3 Å². The number of aryl methyl sites for hydroxylation is 1. The summed E-state index contributed by atoms with van der Waals surface area (Å²) in [5.74, 6) is 0.440. The Morgan fingerprint density at radius 2 is 2.24 bits per heavy atom. The van der Waals surface area contributed by atoms with Crippen LogP contribution in [-0.2, 0) is 12.8 Å². The highest BCUT2D eigenvalue weighted by Gasteiger charge is 2.11. The van der Waals surface area contributed by atoms with E-state index in [1.807, 2.05) is 17.8 Å². The van der Waals surface area contributed by atoms with Crippen LogP contribution in [0.15, 0.2) is 45.0 Å². The fourth-order valence-electron chi connectivity index (χ4n) is 1.99. The summed E-state index contributed by atoms with van der Waals surface area (Å²) in [4.78, 5) is 15.8. The van der Waals surface area contributed by atoms with Crippen molar-refractivity contribution < 1.29 is 9.52 Å². The van der Waals surface area contributed by atoms with Gasteiger partial charge in [-0.1, -0.05) is 23.4 Å². The third kappa shape index (κ3) is 2.77. The van der Waals surface area contributed by atoms with E-state index in [0.29, 0.717) is 16.7 Å². The molecule has 1 N–H and O–H groups in total. The standard InChI is InChI=1S/C14H11ClN2O3S/c1-17-3-2-16-14(17)21-7-8-4-13(19)20-12-6-11(18)10(15)5-9(8)12/h2-6,18H,7H2,1H3. The lowest BCUT2D eigenvalue weighted by Crippen LogP contribution is -2.00. The first-order valence-electron chi connectivity index (χ1n) is 6.10. The summed E-state index contributed by atoms with van der Waals surface area (Å²) in [7, 11) is 1.90. The van der Waals surface area contributed by atoms with E-state index in [4.69, 9.17) is 16.0 Å². The lowest BCUT2D eigenvalue weighted by Gasteiger charge is -2.06. The monoisotopic (exact) mass is 322 g/mol. The second-order valence-corrected chi connectivity index (χ2v) is 5.85. The summed E-state index contributed by atoms with van der Waals surface area (Å²) >= 11 is 7.44. The summed E-state index contributed by atoms with van der Waals surface area (Å²) < 4.78 is 6.99. The number of phenolic OH excluding ortho intramolecular Hbond substituents is 1. The fraction of sp³-hybridized carbons (Fsp3) is 0.143. The highest BCUT2D eigenvalue weighted by atomic mass is 35.5. The van der Waals surface area contributed by atoms with Crippen LogP contribution >= 0.6 is 23.4 Å². The van der Waals surface area contributed by atoms with Gasteiger partial charge in [-0.2, -0.15) is 0 Å². The van der Waals surface area contributed by atoms with Gasteiger partial charge in [-0.25, -0.2) is 9.78 Å². The van der Waals surface area contributed by atoms with Crippen LogP contribution in [0.4, 0.5) is 0 Å². The molecule has 0 aliphatic heterocycles. The van der Waals surface area contributed by atoms with E-state index in [0.717, 1.165) is 10.7 Å². The highest BCUT2D eigenvalue weighted by molar-refractivity contribution is 7.98. The summed E-state index contributed by atoms with van der Waals surface area (Å²) in [5, 5.41) is 11.4. The van der Waals surface area contributed by atoms with Crippen molar-refractivity contribution in [2.24, 2.45) is 7.05 Å². The molecule has 3 aromatic rings. The van der Waals surface area contributed by atoms with Gasteiger partial charge in [-0.15, -0.1) is 0 Å². The number of aromatic nitrogens is 2. The Morgan fingerprint density at radius 1 is 1.43 bits per heavy atom. The normalized spacial score (nSPS) is 11.1. The van der Waals surface area contributed by atoms with Crippen molar-refractivity contribution in [1.29, 1.82) is 0 Å². The minimum Gasteiger partial charge on any atom is -0.506 e. The number of rotatable bonds is 3. The molecule has 108 valence electrons. The third-order valence-corrected chi connectivity index (χ3v) is 4.44. The average molecular weight is 323 g/mol. The average Bonchev–Trinajstić information content (AvgIpc) is 2.83. The van der Waals surface area contributed by atoms with Gasteiger partial charge in [0, 0.05) is 42.7 Å². The van der Waals surface area contributed by atoms with Crippen LogP contribution in [0.1, 0.15) is 5.56 Å². The molecule has 0 spiro atoms. The molecule has 7 heteroatoms. The van der Waals surface area contributed by atoms with E-state index in [9.17, 15) is 9.90 Å². The van der Waals surface area contributed by atoms with Gasteiger partial charge in [0.05, 0.1) is 5.02 Å². The van der Waals surface area contributed by atoms with Crippen LogP contribution in [0.2, 0.25) is 5.02 Å². The minimum atomic E-state index is -0.459. The van der Waals surface area contributed by atoms with Crippen LogP contribution in [0.5, 0.6) is 5.75 Å². The molecule has 2 heterocycles. The number of hydrogen-bond donors (Lipinski definition) is 1. The number of hydrogen-bond acceptors (Lipinski definition) is 5. The topological polar surface area (TPSA) is 68.3 Å². The van der Waals surface area contributed by atoms with E-state index in [1.165, 1.54) is 23.9 Å². The molecule has 0 atom stereocenters. The van der Waals surface area contributed by atoms with Crippen molar-refractivity contribution >= 4 is 34.3 Å². The number of benzene rings is 1. The lowest BCUT2D eigenvalue weighted by atomic mass is 10.1. The molecular formula is C14H11ClN2O3S. The van der Waals surface area contributed by atoms with Crippen molar-refractivity contribution in [2.45, 2.75) is 10.9 Å². The molecule has 5 nitrogen and oxygen atoms in total. The first-order valence-corrected chi connectivity index (χ1v) is 7.46. The molecule has 0 saturated heterocycles. The number of halogens is 1. The minimum absolute atomic E-state index is 0.110. The van der Waals surface area contributed by atoms with Crippen molar-refractivity contribution in [2.75, 3.05) is 0 Å². The molecule has 0 fully saturated rings. The number of aromatic hydroxyl groups is 1. The molecule has 0 amide bonds. The first kappa shape index (κ1) is 14.0. The van der Waals surface area contributed by atoms with Crippen molar-refractivity contribution in [1.82, 2.24) is 9.55 Å². The summed E-state index contributed by atoms with van der Waals surface area (Å²) in [6.07, 6.45) is 3.57. The first-order chi connectivity index (χ1) is 10.0. The molecule has 0 unspecified atom stereocenters. The van der Waals surface area contributed by atoms with Crippen LogP contribution in [0, 0.1) is 0 Å². The Morgan fingerprint density at radius 3 is 2.95 bits per heavy atom. The van der Waals surface area contributed by atoms with E-state index < -0.39 is 5.63 Å². The molecule has 21 heavy (non-hydrogen) atoms. The maximum atomic E-state index is 11.6. The molecule has 0 bridgehead atoms. The molecular weight excluding hydrogens is 312 g/mol. The Balaban J connectivity index is 2.03. The van der Waals surface area contributed by atoms with Gasteiger partial charge in [0.1, 0.15) is 11.3 Å². The van der Waals surface area contributed by atoms with Gasteiger partial charge in [-0.3, -0.25) is 0 Å². The van der Waals surface area contributed by atoms with Crippen molar-refractivity contribution in [3.8, 4) is 5.75 Å². The molecule has 0 saturated carbocycles. The maximum absolute atomic E-state index is 11.6. The van der Waals surface area contributed by atoms with Gasteiger partial charge < -0.3 is 14.1 Å². The SMILES string of the molecule is Cn1ccnc1SCc1cc(=O)oc2cc(O)c(Cl)cc12. The van der Waals surface area contributed by atoms with Crippen LogP contribution in [0.3, 0.4) is 0 Å². The molecule has 3 rings (SSSR count). The number of fused-ring (bicyclic) bond motifs is 1. The summed E-state index contributed by atoms with van der Waals surface area (Å²) in [6, 6.07) is 4.39. The third-order valence-electron chi connectivity index (χ3n) is 3.03. The number of thioether (sulfide) groups is 1. The molecule has 0 radical (unpaired) electrons. The Kier molecular flexibility index (Phi) is 3.65. The van der Waals surface area contributed by atoms with Crippen LogP contribution < -0.4 is 5.63 Å². The van der Waals surface area contributed by atoms with Crippen LogP contribution in [-0.4, -0.2) is 14.7 Å². The van der Waals surface area contributed by atoms with Gasteiger partial charge in [0.15, 0.2) is 5.16 Å². The number of phenols is 1. The Bertz CT molecular complexity index is 872. The van der Waals surface area contributed by atoms with Crippen molar-refractivity contribution in [3.63, 3.8) is 0 Å². The molecule has 1 aromatic carbocycles. The zero-order chi connectivity index (χ0) is 15.0. The van der Waals surface area contributed by atoms with Gasteiger partial charge in [0.2, 0.25) is 0 Å². The fourth-order valence-corrected chi connectivity index (χ4v) is 3.08. The zero-order valence-corrected chi connectivity index (χ0v) is 12.6. The zero-order valence-electron chi connectivity index (χ0n) is 11.0. The number of nitrogens with zero attached hydrogens (tertiary/aromatic N) is 2. The predicted octanol–water partition coefficient (Wildman–Crippen LogP) is 3.18. The van der Waals surface area contributed by atoms with E-state index in [-0.39, 0.29) is 10.8 Å². The molecule has 0 aliphatic carbocycles. The molecule has 0 aliphatic rings. The number of imidazole rings is 1. The van der Waals surface area contributed by atoms with Gasteiger partial charge in [-0.05, 0) is 11.6 Å². The van der Waals surface area contributed by atoms with E-state index in [2.05, 4.69) is 4.98 Å². The molecule has 2 aromatic heterocycles. The highest BCUT2D eigenvalue weighted by Crippen LogP contribution is 2.32. The predicted molar refractivity (Wildman–Crippen MR) is 81.9 cm³/mol. The van der Waals surface area contributed by atoms with Gasteiger partial charge in [0.25, 0.3) is 0 Å². The second-order valence-electron chi connectivity index (χ2n) is 4.50. The smallest absolute Gasteiger partial charge is 0.336 e.